The smallest absolute Gasteiger partial charge is 0.282 e. The molecule has 0 bridgehead atoms. The standard InChI is InChI=1S/C20H26ClN5O2S/c1-24(2)20-22-14-17(15-7-5-8-16(21)13-15)19(23-20)18-9-6-12-26(18)29(27,28)25-10-3-4-11-25/h5,7-8,13-14,18H,3-4,6,9-12H2,1-2H3/t18-/m0/s1. The normalized spacial score (nSPS) is 21.0. The van der Waals surface area contributed by atoms with Crippen LogP contribution >= 0.6 is 11.6 Å². The number of hydrogen-bond donors (Lipinski definition) is 0. The number of nitrogens with zero attached hydrogens (tertiary/aromatic N) is 5. The molecule has 4 rings (SSSR count). The highest BCUT2D eigenvalue weighted by molar-refractivity contribution is 7.86. The summed E-state index contributed by atoms with van der Waals surface area (Å²) in [5.74, 6) is 0.566. The lowest BCUT2D eigenvalue weighted by Crippen LogP contribution is -2.42. The van der Waals surface area contributed by atoms with Gasteiger partial charge in [0.2, 0.25) is 5.95 Å². The van der Waals surface area contributed by atoms with Crippen molar-refractivity contribution in [1.29, 1.82) is 0 Å². The summed E-state index contributed by atoms with van der Waals surface area (Å²) in [6.07, 6.45) is 5.18. The summed E-state index contributed by atoms with van der Waals surface area (Å²) >= 11 is 6.21. The van der Waals surface area contributed by atoms with Crippen LogP contribution in [0.25, 0.3) is 11.1 Å². The maximum atomic E-state index is 13.3. The van der Waals surface area contributed by atoms with Crippen molar-refractivity contribution in [1.82, 2.24) is 18.6 Å². The Bertz CT molecular complexity index is 992. The van der Waals surface area contributed by atoms with Gasteiger partial charge >= 0.3 is 0 Å². The summed E-state index contributed by atoms with van der Waals surface area (Å²) in [6.45, 7) is 1.71. The van der Waals surface area contributed by atoms with Crippen molar-refractivity contribution in [2.45, 2.75) is 31.7 Å². The van der Waals surface area contributed by atoms with Crippen molar-refractivity contribution in [3.8, 4) is 11.1 Å². The van der Waals surface area contributed by atoms with Gasteiger partial charge < -0.3 is 4.90 Å². The van der Waals surface area contributed by atoms with Crippen LogP contribution in [0.5, 0.6) is 0 Å². The zero-order chi connectivity index (χ0) is 20.6. The van der Waals surface area contributed by atoms with Gasteiger partial charge in [0.15, 0.2) is 0 Å². The minimum Gasteiger partial charge on any atom is -0.347 e. The van der Waals surface area contributed by atoms with E-state index in [1.165, 1.54) is 0 Å². The second-order valence-electron chi connectivity index (χ2n) is 7.76. The van der Waals surface area contributed by atoms with E-state index in [0.29, 0.717) is 30.6 Å². The Kier molecular flexibility index (Phi) is 5.79. The fourth-order valence-corrected chi connectivity index (χ4v) is 6.18. The van der Waals surface area contributed by atoms with Crippen molar-refractivity contribution in [2.24, 2.45) is 0 Å². The van der Waals surface area contributed by atoms with Crippen LogP contribution in [-0.2, 0) is 10.2 Å². The molecule has 9 heteroatoms. The van der Waals surface area contributed by atoms with Gasteiger partial charge in [0.1, 0.15) is 0 Å². The van der Waals surface area contributed by atoms with Crippen LogP contribution in [0.4, 0.5) is 5.95 Å². The molecular weight excluding hydrogens is 410 g/mol. The quantitative estimate of drug-likeness (QED) is 0.720. The molecule has 0 N–H and O–H groups in total. The lowest BCUT2D eigenvalue weighted by Gasteiger charge is -2.29. The Balaban J connectivity index is 1.80. The molecule has 0 aliphatic carbocycles. The fourth-order valence-electron chi connectivity index (χ4n) is 4.09. The predicted octanol–water partition coefficient (Wildman–Crippen LogP) is 3.34. The minimum atomic E-state index is -3.51. The van der Waals surface area contributed by atoms with Crippen LogP contribution in [-0.4, -0.2) is 60.7 Å². The van der Waals surface area contributed by atoms with Gasteiger partial charge in [0.05, 0.1) is 11.7 Å². The summed E-state index contributed by atoms with van der Waals surface area (Å²) in [5.41, 5.74) is 2.46. The van der Waals surface area contributed by atoms with Gasteiger partial charge in [0.25, 0.3) is 10.2 Å². The van der Waals surface area contributed by atoms with Crippen LogP contribution in [0.3, 0.4) is 0 Å². The molecule has 2 aliphatic heterocycles. The van der Waals surface area contributed by atoms with E-state index in [1.807, 2.05) is 43.3 Å². The molecule has 2 fully saturated rings. The number of aromatic nitrogens is 2. The van der Waals surface area contributed by atoms with E-state index < -0.39 is 10.2 Å². The zero-order valence-electron chi connectivity index (χ0n) is 16.8. The Morgan fingerprint density at radius 1 is 1.14 bits per heavy atom. The van der Waals surface area contributed by atoms with E-state index in [0.717, 1.165) is 42.5 Å². The first-order valence-electron chi connectivity index (χ1n) is 9.95. The number of benzene rings is 1. The van der Waals surface area contributed by atoms with E-state index >= 15 is 0 Å². The molecule has 0 amide bonds. The zero-order valence-corrected chi connectivity index (χ0v) is 18.3. The maximum absolute atomic E-state index is 13.3. The van der Waals surface area contributed by atoms with Crippen molar-refractivity contribution in [3.63, 3.8) is 0 Å². The van der Waals surface area contributed by atoms with Gasteiger partial charge in [-0.2, -0.15) is 17.0 Å². The van der Waals surface area contributed by atoms with Gasteiger partial charge in [-0.05, 0) is 43.4 Å². The molecule has 2 saturated heterocycles. The predicted molar refractivity (Wildman–Crippen MR) is 115 cm³/mol. The van der Waals surface area contributed by atoms with Gasteiger partial charge in [-0.15, -0.1) is 0 Å². The monoisotopic (exact) mass is 435 g/mol. The van der Waals surface area contributed by atoms with E-state index in [1.54, 1.807) is 14.8 Å². The number of halogens is 1. The van der Waals surface area contributed by atoms with E-state index in [-0.39, 0.29) is 6.04 Å². The second kappa shape index (κ2) is 8.18. The summed E-state index contributed by atoms with van der Waals surface area (Å²) in [5, 5.41) is 0.623. The van der Waals surface area contributed by atoms with E-state index in [2.05, 4.69) is 4.98 Å². The molecule has 1 aromatic heterocycles. The van der Waals surface area contributed by atoms with Crippen LogP contribution in [0.15, 0.2) is 30.5 Å². The molecule has 1 aromatic carbocycles. The summed E-state index contributed by atoms with van der Waals surface area (Å²) in [7, 11) is 0.252. The molecule has 0 unspecified atom stereocenters. The fraction of sp³-hybridized carbons (Fsp3) is 0.500. The third-order valence-corrected chi connectivity index (χ3v) is 7.83. The molecule has 29 heavy (non-hydrogen) atoms. The van der Waals surface area contributed by atoms with Crippen LogP contribution in [0.1, 0.15) is 37.4 Å². The molecule has 3 heterocycles. The van der Waals surface area contributed by atoms with Crippen molar-refractivity contribution in [2.75, 3.05) is 38.6 Å². The first-order valence-corrected chi connectivity index (χ1v) is 11.7. The lowest BCUT2D eigenvalue weighted by atomic mass is 10.0. The summed E-state index contributed by atoms with van der Waals surface area (Å²) in [4.78, 5) is 11.1. The van der Waals surface area contributed by atoms with Crippen LogP contribution in [0.2, 0.25) is 5.02 Å². The Hall–Kier alpha value is -1.74. The average Bonchev–Trinajstić information content (AvgIpc) is 3.40. The minimum absolute atomic E-state index is 0.309. The highest BCUT2D eigenvalue weighted by Gasteiger charge is 2.41. The summed E-state index contributed by atoms with van der Waals surface area (Å²) < 4.78 is 29.9. The molecule has 2 aliphatic rings. The number of rotatable bonds is 5. The van der Waals surface area contributed by atoms with Gasteiger partial charge in [-0.3, -0.25) is 0 Å². The molecule has 156 valence electrons. The average molecular weight is 436 g/mol. The summed E-state index contributed by atoms with van der Waals surface area (Å²) in [6, 6.07) is 7.22. The Morgan fingerprint density at radius 3 is 2.59 bits per heavy atom. The van der Waals surface area contributed by atoms with Gasteiger partial charge in [0, 0.05) is 50.5 Å². The van der Waals surface area contributed by atoms with Gasteiger partial charge in [-0.25, -0.2) is 9.97 Å². The third kappa shape index (κ3) is 3.99. The maximum Gasteiger partial charge on any atom is 0.282 e. The van der Waals surface area contributed by atoms with Crippen LogP contribution < -0.4 is 4.90 Å². The van der Waals surface area contributed by atoms with E-state index in [4.69, 9.17) is 16.6 Å². The Labute approximate surface area is 177 Å². The molecule has 7 nitrogen and oxygen atoms in total. The topological polar surface area (TPSA) is 69.6 Å². The van der Waals surface area contributed by atoms with Gasteiger partial charge in [-0.1, -0.05) is 23.7 Å². The van der Waals surface area contributed by atoms with Crippen molar-refractivity contribution in [3.05, 3.63) is 41.2 Å². The first kappa shape index (κ1) is 20.5. The molecular formula is C20H26ClN5O2S. The first-order chi connectivity index (χ1) is 13.9. The van der Waals surface area contributed by atoms with Crippen molar-refractivity contribution >= 4 is 27.8 Å². The third-order valence-electron chi connectivity index (χ3n) is 5.55. The lowest BCUT2D eigenvalue weighted by molar-refractivity contribution is 0.345. The molecule has 1 atom stereocenters. The molecule has 0 spiro atoms. The van der Waals surface area contributed by atoms with Crippen LogP contribution in [0, 0.1) is 0 Å². The Morgan fingerprint density at radius 2 is 1.90 bits per heavy atom. The molecule has 0 radical (unpaired) electrons. The highest BCUT2D eigenvalue weighted by atomic mass is 35.5. The van der Waals surface area contributed by atoms with E-state index in [9.17, 15) is 8.42 Å². The SMILES string of the molecule is CN(C)c1ncc(-c2cccc(Cl)c2)c([C@@H]2CCCN2S(=O)(=O)N2CCCC2)n1. The molecule has 0 saturated carbocycles. The number of hydrogen-bond acceptors (Lipinski definition) is 5. The number of anilines is 1. The second-order valence-corrected chi connectivity index (χ2v) is 10.1. The molecule has 2 aromatic rings. The largest absolute Gasteiger partial charge is 0.347 e. The highest BCUT2D eigenvalue weighted by Crippen LogP contribution is 2.40. The van der Waals surface area contributed by atoms with Crippen molar-refractivity contribution < 1.29 is 8.42 Å².